The maximum atomic E-state index is 5.66. The summed E-state index contributed by atoms with van der Waals surface area (Å²) < 4.78 is 11.2. The molecule has 1 unspecified atom stereocenters. The Morgan fingerprint density at radius 1 is 1.32 bits per heavy atom. The van der Waals surface area contributed by atoms with E-state index in [1.807, 2.05) is 26.0 Å². The summed E-state index contributed by atoms with van der Waals surface area (Å²) in [5.74, 6) is 3.07. The summed E-state index contributed by atoms with van der Waals surface area (Å²) in [5, 5.41) is 3.39. The molecule has 0 amide bonds. The molecular weight excluding hydrogens is 240 g/mol. The quantitative estimate of drug-likeness (QED) is 0.915. The fourth-order valence-corrected chi connectivity index (χ4v) is 2.37. The number of rotatable bonds is 4. The van der Waals surface area contributed by atoms with Crippen LogP contribution in [0.5, 0.6) is 5.75 Å². The zero-order valence-corrected chi connectivity index (χ0v) is 11.3. The molecule has 4 nitrogen and oxygen atoms in total. The molecule has 1 aliphatic heterocycles. The Morgan fingerprint density at radius 3 is 2.95 bits per heavy atom. The van der Waals surface area contributed by atoms with Crippen molar-refractivity contribution in [3.63, 3.8) is 0 Å². The van der Waals surface area contributed by atoms with Gasteiger partial charge in [-0.1, -0.05) is 18.2 Å². The van der Waals surface area contributed by atoms with Crippen LogP contribution in [0.2, 0.25) is 0 Å². The summed E-state index contributed by atoms with van der Waals surface area (Å²) in [5.41, 5.74) is 2.25. The lowest BCUT2D eigenvalue weighted by molar-refractivity contribution is 0.324. The van der Waals surface area contributed by atoms with Crippen LogP contribution in [0, 0.1) is 13.8 Å². The first-order valence-corrected chi connectivity index (χ1v) is 6.59. The van der Waals surface area contributed by atoms with Crippen molar-refractivity contribution in [2.75, 3.05) is 13.2 Å². The molecular formula is C15H18N2O2. The van der Waals surface area contributed by atoms with Gasteiger partial charge in [-0.2, -0.15) is 0 Å². The van der Waals surface area contributed by atoms with Crippen molar-refractivity contribution < 1.29 is 9.15 Å². The summed E-state index contributed by atoms with van der Waals surface area (Å²) in [6.07, 6.45) is 0. The molecule has 2 heterocycles. The second-order valence-corrected chi connectivity index (χ2v) is 4.93. The standard InChI is InChI=1S/C15H18N2O2/c1-10-11(2)19-15(17-10)8-16-7-12-9-18-14-6-4-3-5-13(12)14/h3-6,12,16H,7-9H2,1-2H3. The molecule has 0 aliphatic carbocycles. The third-order valence-corrected chi connectivity index (χ3v) is 3.54. The van der Waals surface area contributed by atoms with Gasteiger partial charge in [-0.05, 0) is 19.9 Å². The maximum Gasteiger partial charge on any atom is 0.208 e. The Morgan fingerprint density at radius 2 is 2.16 bits per heavy atom. The monoisotopic (exact) mass is 258 g/mol. The summed E-state index contributed by atoms with van der Waals surface area (Å²) in [6.45, 7) is 6.18. The Hall–Kier alpha value is -1.81. The zero-order chi connectivity index (χ0) is 13.2. The minimum atomic E-state index is 0.411. The van der Waals surface area contributed by atoms with Crippen LogP contribution in [-0.4, -0.2) is 18.1 Å². The van der Waals surface area contributed by atoms with Gasteiger partial charge in [-0.15, -0.1) is 0 Å². The van der Waals surface area contributed by atoms with Gasteiger partial charge >= 0.3 is 0 Å². The molecule has 100 valence electrons. The third kappa shape index (κ3) is 2.49. The van der Waals surface area contributed by atoms with Gasteiger partial charge in [0.15, 0.2) is 0 Å². The van der Waals surface area contributed by atoms with E-state index in [9.17, 15) is 0 Å². The van der Waals surface area contributed by atoms with Crippen molar-refractivity contribution >= 4 is 0 Å². The largest absolute Gasteiger partial charge is 0.493 e. The van der Waals surface area contributed by atoms with Gasteiger partial charge in [0.1, 0.15) is 11.5 Å². The Bertz CT molecular complexity index is 558. The van der Waals surface area contributed by atoms with Crippen LogP contribution >= 0.6 is 0 Å². The van der Waals surface area contributed by atoms with Crippen LogP contribution in [0.3, 0.4) is 0 Å². The van der Waals surface area contributed by atoms with Crippen LogP contribution in [-0.2, 0) is 6.54 Å². The zero-order valence-electron chi connectivity index (χ0n) is 11.3. The lowest BCUT2D eigenvalue weighted by Crippen LogP contribution is -2.22. The number of benzene rings is 1. The number of oxazole rings is 1. The molecule has 19 heavy (non-hydrogen) atoms. The van der Waals surface area contributed by atoms with E-state index in [2.05, 4.69) is 22.4 Å². The van der Waals surface area contributed by atoms with Crippen molar-refractivity contribution in [1.82, 2.24) is 10.3 Å². The van der Waals surface area contributed by atoms with Crippen LogP contribution < -0.4 is 10.1 Å². The molecule has 0 radical (unpaired) electrons. The van der Waals surface area contributed by atoms with E-state index < -0.39 is 0 Å². The Kier molecular flexibility index (Phi) is 3.25. The highest BCUT2D eigenvalue weighted by Crippen LogP contribution is 2.32. The van der Waals surface area contributed by atoms with Crippen molar-refractivity contribution in [2.45, 2.75) is 26.3 Å². The van der Waals surface area contributed by atoms with Gasteiger partial charge in [0.2, 0.25) is 5.89 Å². The molecule has 0 fully saturated rings. The van der Waals surface area contributed by atoms with E-state index in [0.717, 1.165) is 36.2 Å². The summed E-state index contributed by atoms with van der Waals surface area (Å²) in [7, 11) is 0. The van der Waals surface area contributed by atoms with Crippen LogP contribution in [0.4, 0.5) is 0 Å². The number of hydrogen-bond donors (Lipinski definition) is 1. The number of hydrogen-bond acceptors (Lipinski definition) is 4. The molecule has 2 aromatic rings. The van der Waals surface area contributed by atoms with E-state index in [4.69, 9.17) is 9.15 Å². The average molecular weight is 258 g/mol. The second kappa shape index (κ2) is 5.05. The highest BCUT2D eigenvalue weighted by molar-refractivity contribution is 5.39. The van der Waals surface area contributed by atoms with E-state index in [0.29, 0.717) is 12.5 Å². The molecule has 3 rings (SSSR count). The molecule has 4 heteroatoms. The Balaban J connectivity index is 1.56. The molecule has 0 spiro atoms. The smallest absolute Gasteiger partial charge is 0.208 e. The first-order valence-electron chi connectivity index (χ1n) is 6.59. The van der Waals surface area contributed by atoms with Crippen molar-refractivity contribution in [1.29, 1.82) is 0 Å². The number of ether oxygens (including phenoxy) is 1. The minimum absolute atomic E-state index is 0.411. The average Bonchev–Trinajstić information content (AvgIpc) is 2.95. The topological polar surface area (TPSA) is 47.3 Å². The lowest BCUT2D eigenvalue weighted by atomic mass is 10.0. The summed E-state index contributed by atoms with van der Waals surface area (Å²) >= 11 is 0. The van der Waals surface area contributed by atoms with Gasteiger partial charge in [-0.25, -0.2) is 4.98 Å². The second-order valence-electron chi connectivity index (χ2n) is 4.93. The predicted molar refractivity (Wildman–Crippen MR) is 72.4 cm³/mol. The molecule has 1 N–H and O–H groups in total. The van der Waals surface area contributed by atoms with Gasteiger partial charge in [0, 0.05) is 18.0 Å². The van der Waals surface area contributed by atoms with Crippen molar-refractivity contribution in [2.24, 2.45) is 0 Å². The third-order valence-electron chi connectivity index (χ3n) is 3.54. The first kappa shape index (κ1) is 12.2. The lowest BCUT2D eigenvalue weighted by Gasteiger charge is -2.08. The summed E-state index contributed by atoms with van der Waals surface area (Å²) in [4.78, 5) is 4.36. The van der Waals surface area contributed by atoms with Gasteiger partial charge in [0.25, 0.3) is 0 Å². The molecule has 1 aliphatic rings. The van der Waals surface area contributed by atoms with Crippen LogP contribution in [0.25, 0.3) is 0 Å². The van der Waals surface area contributed by atoms with E-state index in [1.165, 1.54) is 5.56 Å². The number of aromatic nitrogens is 1. The predicted octanol–water partition coefficient (Wildman–Crippen LogP) is 2.56. The number of nitrogens with zero attached hydrogens (tertiary/aromatic N) is 1. The van der Waals surface area contributed by atoms with Crippen LogP contribution in [0.1, 0.15) is 28.8 Å². The molecule has 0 saturated carbocycles. The molecule has 1 atom stereocenters. The number of fused-ring (bicyclic) bond motifs is 1. The maximum absolute atomic E-state index is 5.66. The number of aryl methyl sites for hydroxylation is 2. The van der Waals surface area contributed by atoms with E-state index >= 15 is 0 Å². The van der Waals surface area contributed by atoms with Crippen molar-refractivity contribution in [3.8, 4) is 5.75 Å². The van der Waals surface area contributed by atoms with Crippen LogP contribution in [0.15, 0.2) is 28.7 Å². The molecule has 0 saturated heterocycles. The van der Waals surface area contributed by atoms with Gasteiger partial charge in [0.05, 0.1) is 18.8 Å². The van der Waals surface area contributed by atoms with Crippen molar-refractivity contribution in [3.05, 3.63) is 47.2 Å². The fourth-order valence-electron chi connectivity index (χ4n) is 2.37. The molecule has 1 aromatic carbocycles. The van der Waals surface area contributed by atoms with Gasteiger partial charge in [-0.3, -0.25) is 0 Å². The Labute approximate surface area is 112 Å². The highest BCUT2D eigenvalue weighted by Gasteiger charge is 2.23. The first-order chi connectivity index (χ1) is 9.24. The SMILES string of the molecule is Cc1nc(CNCC2COc3ccccc32)oc1C. The highest BCUT2D eigenvalue weighted by atomic mass is 16.5. The summed E-state index contributed by atoms with van der Waals surface area (Å²) in [6, 6.07) is 8.22. The fraction of sp³-hybridized carbons (Fsp3) is 0.400. The normalized spacial score (nSPS) is 17.3. The molecule has 1 aromatic heterocycles. The minimum Gasteiger partial charge on any atom is -0.493 e. The van der Waals surface area contributed by atoms with Gasteiger partial charge < -0.3 is 14.5 Å². The molecule has 0 bridgehead atoms. The number of nitrogens with one attached hydrogen (secondary N) is 1. The van der Waals surface area contributed by atoms with E-state index in [-0.39, 0.29) is 0 Å². The number of para-hydroxylation sites is 1. The van der Waals surface area contributed by atoms with E-state index in [1.54, 1.807) is 0 Å².